The molecule has 0 aliphatic carbocycles. The molecule has 1 aromatic heterocycles. The minimum Gasteiger partial charge on any atom is -0.497 e. The Balaban J connectivity index is 1.67. The van der Waals surface area contributed by atoms with Crippen LogP contribution in [-0.2, 0) is 11.3 Å². The largest absolute Gasteiger partial charge is 0.497 e. The van der Waals surface area contributed by atoms with E-state index < -0.39 is 30.0 Å². The molecule has 0 radical (unpaired) electrons. The number of carboxylic acids is 1. The normalized spacial score (nSPS) is 10.8. The highest BCUT2D eigenvalue weighted by atomic mass is 16.5. The zero-order valence-corrected chi connectivity index (χ0v) is 19.1. The zero-order chi connectivity index (χ0) is 24.9. The summed E-state index contributed by atoms with van der Waals surface area (Å²) < 4.78 is 11.3. The van der Waals surface area contributed by atoms with Crippen molar-refractivity contribution in [1.29, 1.82) is 0 Å². The number of rotatable bonds is 8. The van der Waals surface area contributed by atoms with E-state index in [1.165, 1.54) is 12.1 Å². The molecule has 0 unspecified atom stereocenters. The lowest BCUT2D eigenvalue weighted by atomic mass is 9.98. The van der Waals surface area contributed by atoms with Crippen molar-refractivity contribution in [1.82, 2.24) is 15.1 Å². The molecule has 0 aliphatic heterocycles. The van der Waals surface area contributed by atoms with Crippen LogP contribution in [-0.4, -0.2) is 41.0 Å². The van der Waals surface area contributed by atoms with Crippen LogP contribution in [0.3, 0.4) is 0 Å². The van der Waals surface area contributed by atoms with Gasteiger partial charge in [-0.2, -0.15) is 5.10 Å². The topological polar surface area (TPSA) is 120 Å². The number of carbonyl (C=O) groups excluding carboxylic acids is 1. The van der Waals surface area contributed by atoms with Crippen LogP contribution >= 0.6 is 0 Å². The lowest BCUT2D eigenvalue weighted by Crippen LogP contribution is -2.37. The monoisotopic (exact) mass is 473 g/mol. The van der Waals surface area contributed by atoms with Gasteiger partial charge in [-0.05, 0) is 41.5 Å². The summed E-state index contributed by atoms with van der Waals surface area (Å²) in [6, 6.07) is 20.2. The Kier molecular flexibility index (Phi) is 6.77. The van der Waals surface area contributed by atoms with Gasteiger partial charge in [0.1, 0.15) is 18.0 Å². The van der Waals surface area contributed by atoms with E-state index in [0.717, 1.165) is 15.8 Å². The highest BCUT2D eigenvalue weighted by Crippen LogP contribution is 2.26. The van der Waals surface area contributed by atoms with Crippen LogP contribution in [0, 0.1) is 0 Å². The summed E-state index contributed by atoms with van der Waals surface area (Å²) in [5.74, 6) is -0.462. The molecule has 4 rings (SSSR count). The van der Waals surface area contributed by atoms with Gasteiger partial charge in [0.15, 0.2) is 5.69 Å². The number of fused-ring (bicyclic) bond motifs is 1. The first-order valence-electron chi connectivity index (χ1n) is 10.7. The van der Waals surface area contributed by atoms with Crippen molar-refractivity contribution in [3.63, 3.8) is 0 Å². The van der Waals surface area contributed by atoms with E-state index in [-0.39, 0.29) is 16.5 Å². The molecule has 35 heavy (non-hydrogen) atoms. The SMILES string of the molecule is COc1ccc(C(NC(=O)Cn2nc(C(=O)O)c3ccccc3c2=O)c2ccc(OC)cc2)cc1. The molecule has 2 N–H and O–H groups in total. The summed E-state index contributed by atoms with van der Waals surface area (Å²) in [5.41, 5.74) is 0.727. The van der Waals surface area contributed by atoms with E-state index in [0.29, 0.717) is 11.5 Å². The molecular formula is C26H23N3O6. The fraction of sp³-hybridized carbons (Fsp3) is 0.154. The number of hydrogen-bond acceptors (Lipinski definition) is 6. The summed E-state index contributed by atoms with van der Waals surface area (Å²) in [4.78, 5) is 37.7. The maximum Gasteiger partial charge on any atom is 0.357 e. The molecule has 0 aliphatic rings. The number of aromatic carboxylic acids is 1. The molecular weight excluding hydrogens is 450 g/mol. The van der Waals surface area contributed by atoms with Crippen molar-refractivity contribution in [3.05, 3.63) is 100.0 Å². The first-order valence-corrected chi connectivity index (χ1v) is 10.7. The molecule has 9 heteroatoms. The number of carbonyl (C=O) groups is 2. The molecule has 9 nitrogen and oxygen atoms in total. The lowest BCUT2D eigenvalue weighted by molar-refractivity contribution is -0.122. The van der Waals surface area contributed by atoms with Crippen molar-refractivity contribution in [2.75, 3.05) is 14.2 Å². The number of nitrogens with one attached hydrogen (secondary N) is 1. The van der Waals surface area contributed by atoms with Crippen LogP contribution in [0.2, 0.25) is 0 Å². The lowest BCUT2D eigenvalue weighted by Gasteiger charge is -2.21. The van der Waals surface area contributed by atoms with Crippen molar-refractivity contribution < 1.29 is 24.2 Å². The van der Waals surface area contributed by atoms with Gasteiger partial charge >= 0.3 is 5.97 Å². The third kappa shape index (κ3) is 4.98. The smallest absolute Gasteiger partial charge is 0.357 e. The molecule has 0 atom stereocenters. The predicted molar refractivity (Wildman–Crippen MR) is 129 cm³/mol. The number of aromatic nitrogens is 2. The summed E-state index contributed by atoms with van der Waals surface area (Å²) >= 11 is 0. The fourth-order valence-corrected chi connectivity index (χ4v) is 3.79. The average Bonchev–Trinajstić information content (AvgIpc) is 2.89. The highest BCUT2D eigenvalue weighted by Gasteiger charge is 2.20. The molecule has 4 aromatic rings. The van der Waals surface area contributed by atoms with Crippen LogP contribution in [0.15, 0.2) is 77.6 Å². The Morgan fingerprint density at radius 3 is 1.89 bits per heavy atom. The number of carboxylic acid groups (broad SMARTS) is 1. The van der Waals surface area contributed by atoms with E-state index in [2.05, 4.69) is 10.4 Å². The van der Waals surface area contributed by atoms with Crippen molar-refractivity contribution in [2.24, 2.45) is 0 Å². The second-order valence-corrected chi connectivity index (χ2v) is 7.71. The van der Waals surface area contributed by atoms with Gasteiger partial charge < -0.3 is 19.9 Å². The number of hydrogen-bond donors (Lipinski definition) is 2. The van der Waals surface area contributed by atoms with Gasteiger partial charge in [0.05, 0.1) is 25.6 Å². The van der Waals surface area contributed by atoms with E-state index >= 15 is 0 Å². The molecule has 0 fully saturated rings. The first-order chi connectivity index (χ1) is 16.9. The van der Waals surface area contributed by atoms with E-state index in [1.807, 2.05) is 24.3 Å². The molecule has 3 aromatic carbocycles. The van der Waals surface area contributed by atoms with Crippen molar-refractivity contribution in [2.45, 2.75) is 12.6 Å². The van der Waals surface area contributed by atoms with Crippen molar-refractivity contribution >= 4 is 22.6 Å². The quantitative estimate of drug-likeness (QED) is 0.404. The highest BCUT2D eigenvalue weighted by molar-refractivity contribution is 6.01. The summed E-state index contributed by atoms with van der Waals surface area (Å²) in [7, 11) is 3.13. The standard InChI is InChI=1S/C26H23N3O6/c1-34-18-11-7-16(8-12-18)23(17-9-13-19(35-2)14-10-17)27-22(30)15-29-25(31)21-6-4-3-5-20(21)24(28-29)26(32)33/h3-14,23H,15H2,1-2H3,(H,27,30)(H,32,33). The third-order valence-corrected chi connectivity index (χ3v) is 5.57. The molecule has 178 valence electrons. The van der Waals surface area contributed by atoms with Gasteiger partial charge in [-0.25, -0.2) is 9.48 Å². The molecule has 0 saturated carbocycles. The molecule has 0 saturated heterocycles. The summed E-state index contributed by atoms with van der Waals surface area (Å²) in [6.45, 7) is -0.452. The van der Waals surface area contributed by atoms with Crippen LogP contribution in [0.5, 0.6) is 11.5 Å². The Hall–Kier alpha value is -4.66. The maximum absolute atomic E-state index is 13.1. The van der Waals surface area contributed by atoms with Crippen LogP contribution in [0.1, 0.15) is 27.7 Å². The number of benzene rings is 3. The Morgan fingerprint density at radius 2 is 1.40 bits per heavy atom. The number of ether oxygens (including phenoxy) is 2. The number of methoxy groups -OCH3 is 2. The average molecular weight is 473 g/mol. The van der Waals surface area contributed by atoms with E-state index in [4.69, 9.17) is 9.47 Å². The predicted octanol–water partition coefficient (Wildman–Crippen LogP) is 3.02. The van der Waals surface area contributed by atoms with Gasteiger partial charge in [-0.3, -0.25) is 9.59 Å². The number of nitrogens with zero attached hydrogens (tertiary/aromatic N) is 2. The van der Waals surface area contributed by atoms with Gasteiger partial charge in [-0.15, -0.1) is 0 Å². The Morgan fingerprint density at radius 1 is 0.886 bits per heavy atom. The molecule has 0 spiro atoms. The third-order valence-electron chi connectivity index (χ3n) is 5.57. The Bertz CT molecular complexity index is 1380. The Labute approximate surface area is 200 Å². The van der Waals surface area contributed by atoms with E-state index in [9.17, 15) is 19.5 Å². The first kappa shape index (κ1) is 23.5. The van der Waals surface area contributed by atoms with Crippen LogP contribution < -0.4 is 20.3 Å². The second kappa shape index (κ2) is 10.1. The van der Waals surface area contributed by atoms with E-state index in [1.54, 1.807) is 50.6 Å². The van der Waals surface area contributed by atoms with Crippen molar-refractivity contribution in [3.8, 4) is 11.5 Å². The molecule has 0 bridgehead atoms. The maximum atomic E-state index is 13.1. The van der Waals surface area contributed by atoms with Gasteiger partial charge in [-0.1, -0.05) is 42.5 Å². The minimum absolute atomic E-state index is 0.176. The second-order valence-electron chi connectivity index (χ2n) is 7.71. The summed E-state index contributed by atoms with van der Waals surface area (Å²) in [6.07, 6.45) is 0. The molecule has 1 heterocycles. The fourth-order valence-electron chi connectivity index (χ4n) is 3.79. The minimum atomic E-state index is -1.29. The van der Waals surface area contributed by atoms with Gasteiger partial charge in [0, 0.05) is 5.39 Å². The van der Waals surface area contributed by atoms with Crippen LogP contribution in [0.4, 0.5) is 0 Å². The van der Waals surface area contributed by atoms with Crippen LogP contribution in [0.25, 0.3) is 10.8 Å². The van der Waals surface area contributed by atoms with Gasteiger partial charge in [0.25, 0.3) is 5.56 Å². The molecule has 1 amide bonds. The van der Waals surface area contributed by atoms with Gasteiger partial charge in [0.2, 0.25) is 5.91 Å². The summed E-state index contributed by atoms with van der Waals surface area (Å²) in [5, 5.41) is 16.8. The number of amides is 1. The zero-order valence-electron chi connectivity index (χ0n) is 19.1.